The molecule has 0 spiro atoms. The van der Waals surface area contributed by atoms with Crippen molar-refractivity contribution in [1.29, 1.82) is 0 Å². The average molecular weight is 284 g/mol. The van der Waals surface area contributed by atoms with E-state index in [-0.39, 0.29) is 23.4 Å². The molecule has 2 aromatic carbocycles. The Balaban J connectivity index is 2.07. The van der Waals surface area contributed by atoms with E-state index < -0.39 is 0 Å². The number of phenolic OH excluding ortho intramolecular Hbond substituents is 2. The van der Waals surface area contributed by atoms with E-state index >= 15 is 0 Å². The Kier molecular flexibility index (Phi) is 2.45. The molecule has 2 N–H and O–H groups in total. The van der Waals surface area contributed by atoms with Crippen molar-refractivity contribution in [2.24, 2.45) is 0 Å². The number of nitrogens with zero attached hydrogens (tertiary/aromatic N) is 2. The fourth-order valence-electron chi connectivity index (χ4n) is 2.70. The SMILES string of the molecule is Oc1cccc(O)c1-c1nc2ccc(F)cc2n1C1CC1. The van der Waals surface area contributed by atoms with E-state index in [2.05, 4.69) is 4.98 Å². The molecule has 5 heteroatoms. The summed E-state index contributed by atoms with van der Waals surface area (Å²) in [4.78, 5) is 4.48. The van der Waals surface area contributed by atoms with Crippen LogP contribution in [0.1, 0.15) is 18.9 Å². The lowest BCUT2D eigenvalue weighted by atomic mass is 10.1. The van der Waals surface area contributed by atoms with Crippen molar-refractivity contribution in [3.05, 3.63) is 42.2 Å². The minimum Gasteiger partial charge on any atom is -0.507 e. The summed E-state index contributed by atoms with van der Waals surface area (Å²) in [7, 11) is 0. The summed E-state index contributed by atoms with van der Waals surface area (Å²) in [6.45, 7) is 0. The van der Waals surface area contributed by atoms with Gasteiger partial charge in [-0.05, 0) is 43.2 Å². The zero-order chi connectivity index (χ0) is 14.6. The molecule has 0 radical (unpaired) electrons. The van der Waals surface area contributed by atoms with Gasteiger partial charge in [0.2, 0.25) is 0 Å². The van der Waals surface area contributed by atoms with E-state index in [1.165, 1.54) is 24.3 Å². The Morgan fingerprint density at radius 2 is 1.81 bits per heavy atom. The first-order valence-electron chi connectivity index (χ1n) is 6.84. The van der Waals surface area contributed by atoms with Crippen LogP contribution in [0.2, 0.25) is 0 Å². The van der Waals surface area contributed by atoms with E-state index in [0.29, 0.717) is 22.4 Å². The van der Waals surface area contributed by atoms with E-state index in [9.17, 15) is 14.6 Å². The van der Waals surface area contributed by atoms with Gasteiger partial charge >= 0.3 is 0 Å². The van der Waals surface area contributed by atoms with Crippen molar-refractivity contribution in [3.63, 3.8) is 0 Å². The fourth-order valence-corrected chi connectivity index (χ4v) is 2.70. The first-order valence-corrected chi connectivity index (χ1v) is 6.84. The van der Waals surface area contributed by atoms with Crippen LogP contribution < -0.4 is 0 Å². The number of aromatic hydroxyl groups is 2. The molecule has 0 atom stereocenters. The second kappa shape index (κ2) is 4.22. The number of hydrogen-bond donors (Lipinski definition) is 2. The van der Waals surface area contributed by atoms with Crippen molar-refractivity contribution >= 4 is 11.0 Å². The molecule has 106 valence electrons. The van der Waals surface area contributed by atoms with Gasteiger partial charge in [0.1, 0.15) is 28.7 Å². The van der Waals surface area contributed by atoms with Gasteiger partial charge in [0.25, 0.3) is 0 Å². The summed E-state index contributed by atoms with van der Waals surface area (Å²) in [5, 5.41) is 20.1. The number of aromatic nitrogens is 2. The third-order valence-corrected chi connectivity index (χ3v) is 3.81. The lowest BCUT2D eigenvalue weighted by Crippen LogP contribution is -1.98. The largest absolute Gasteiger partial charge is 0.507 e. The quantitative estimate of drug-likeness (QED) is 0.756. The van der Waals surface area contributed by atoms with Gasteiger partial charge in [0.15, 0.2) is 0 Å². The molecule has 0 aliphatic heterocycles. The van der Waals surface area contributed by atoms with Gasteiger partial charge in [-0.2, -0.15) is 0 Å². The molecule has 1 aliphatic carbocycles. The zero-order valence-electron chi connectivity index (χ0n) is 11.1. The van der Waals surface area contributed by atoms with Crippen LogP contribution in [0, 0.1) is 5.82 Å². The Bertz CT molecular complexity index is 833. The first kappa shape index (κ1) is 12.2. The summed E-state index contributed by atoms with van der Waals surface area (Å²) in [6, 6.07) is 9.24. The molecule has 1 aliphatic rings. The van der Waals surface area contributed by atoms with Crippen molar-refractivity contribution < 1.29 is 14.6 Å². The Morgan fingerprint density at radius 3 is 2.48 bits per heavy atom. The highest BCUT2D eigenvalue weighted by Crippen LogP contribution is 2.45. The van der Waals surface area contributed by atoms with Crippen LogP contribution in [-0.2, 0) is 0 Å². The number of fused-ring (bicyclic) bond motifs is 1. The summed E-state index contributed by atoms with van der Waals surface area (Å²) in [6.07, 6.45) is 1.98. The Labute approximate surface area is 120 Å². The van der Waals surface area contributed by atoms with Gasteiger partial charge in [-0.3, -0.25) is 0 Å². The van der Waals surface area contributed by atoms with E-state index in [1.54, 1.807) is 12.1 Å². The number of halogens is 1. The van der Waals surface area contributed by atoms with Gasteiger partial charge in [0.05, 0.1) is 11.0 Å². The molecule has 3 aromatic rings. The first-order chi connectivity index (χ1) is 10.1. The van der Waals surface area contributed by atoms with Crippen LogP contribution in [0.15, 0.2) is 36.4 Å². The Hall–Kier alpha value is -2.56. The van der Waals surface area contributed by atoms with Crippen molar-refractivity contribution in [2.45, 2.75) is 18.9 Å². The third-order valence-electron chi connectivity index (χ3n) is 3.81. The van der Waals surface area contributed by atoms with Crippen molar-refractivity contribution in [3.8, 4) is 22.9 Å². The van der Waals surface area contributed by atoms with E-state index in [1.807, 2.05) is 4.57 Å². The fraction of sp³-hybridized carbons (Fsp3) is 0.188. The summed E-state index contributed by atoms with van der Waals surface area (Å²) in [5.74, 6) is 0.0893. The molecule has 0 amide bonds. The van der Waals surface area contributed by atoms with Crippen molar-refractivity contribution in [1.82, 2.24) is 9.55 Å². The molecular formula is C16H13FN2O2. The molecular weight excluding hydrogens is 271 g/mol. The van der Waals surface area contributed by atoms with Crippen LogP contribution in [0.4, 0.5) is 4.39 Å². The maximum absolute atomic E-state index is 13.5. The number of imidazole rings is 1. The summed E-state index contributed by atoms with van der Waals surface area (Å²) in [5.41, 5.74) is 1.64. The molecule has 1 heterocycles. The highest BCUT2D eigenvalue weighted by Gasteiger charge is 2.30. The van der Waals surface area contributed by atoms with Crippen LogP contribution in [0.25, 0.3) is 22.4 Å². The molecule has 4 nitrogen and oxygen atoms in total. The topological polar surface area (TPSA) is 58.3 Å². The van der Waals surface area contributed by atoms with Crippen LogP contribution in [-0.4, -0.2) is 19.8 Å². The highest BCUT2D eigenvalue weighted by molar-refractivity contribution is 5.84. The van der Waals surface area contributed by atoms with Crippen molar-refractivity contribution in [2.75, 3.05) is 0 Å². The monoisotopic (exact) mass is 284 g/mol. The summed E-state index contributed by atoms with van der Waals surface area (Å²) < 4.78 is 15.4. The molecule has 1 fully saturated rings. The van der Waals surface area contributed by atoms with Gasteiger partial charge in [0, 0.05) is 6.04 Å². The van der Waals surface area contributed by atoms with Crippen LogP contribution >= 0.6 is 0 Å². The lowest BCUT2D eigenvalue weighted by Gasteiger charge is -2.10. The predicted molar refractivity (Wildman–Crippen MR) is 76.7 cm³/mol. The molecule has 0 bridgehead atoms. The molecule has 1 aromatic heterocycles. The van der Waals surface area contributed by atoms with Crippen LogP contribution in [0.3, 0.4) is 0 Å². The Morgan fingerprint density at radius 1 is 1.10 bits per heavy atom. The second-order valence-electron chi connectivity index (χ2n) is 5.34. The minimum absolute atomic E-state index is 0.0346. The molecule has 0 saturated heterocycles. The molecule has 21 heavy (non-hydrogen) atoms. The number of phenols is 2. The lowest BCUT2D eigenvalue weighted by molar-refractivity contribution is 0.453. The standard InChI is InChI=1S/C16H13FN2O2/c17-9-4-7-11-12(8-9)19(10-5-6-10)16(18-11)15-13(20)2-1-3-14(15)21/h1-4,7-8,10,20-21H,5-6H2. The van der Waals surface area contributed by atoms with Gasteiger partial charge < -0.3 is 14.8 Å². The van der Waals surface area contributed by atoms with Gasteiger partial charge in [-0.1, -0.05) is 6.07 Å². The average Bonchev–Trinajstić information content (AvgIpc) is 3.21. The predicted octanol–water partition coefficient (Wildman–Crippen LogP) is 3.59. The van der Waals surface area contributed by atoms with E-state index in [4.69, 9.17) is 0 Å². The number of rotatable bonds is 2. The highest BCUT2D eigenvalue weighted by atomic mass is 19.1. The van der Waals surface area contributed by atoms with Crippen LogP contribution in [0.5, 0.6) is 11.5 Å². The number of benzene rings is 2. The molecule has 0 unspecified atom stereocenters. The smallest absolute Gasteiger partial charge is 0.148 e. The maximum atomic E-state index is 13.5. The minimum atomic E-state index is -0.322. The normalized spacial score (nSPS) is 14.7. The maximum Gasteiger partial charge on any atom is 0.148 e. The van der Waals surface area contributed by atoms with Gasteiger partial charge in [-0.25, -0.2) is 9.37 Å². The number of hydrogen-bond acceptors (Lipinski definition) is 3. The second-order valence-corrected chi connectivity index (χ2v) is 5.34. The summed E-state index contributed by atoms with van der Waals surface area (Å²) >= 11 is 0. The third kappa shape index (κ3) is 1.85. The molecule has 1 saturated carbocycles. The van der Waals surface area contributed by atoms with Gasteiger partial charge in [-0.15, -0.1) is 0 Å². The zero-order valence-corrected chi connectivity index (χ0v) is 11.1. The molecule has 4 rings (SSSR count). The van der Waals surface area contributed by atoms with E-state index in [0.717, 1.165) is 12.8 Å².